The molecule has 0 saturated carbocycles. The molecule has 2 aromatic carbocycles. The molecule has 160 valence electrons. The zero-order valence-corrected chi connectivity index (χ0v) is 19.2. The van der Waals surface area contributed by atoms with Gasteiger partial charge in [-0.15, -0.1) is 0 Å². The highest BCUT2D eigenvalue weighted by atomic mass is 35.5. The zero-order chi connectivity index (χ0) is 22.4. The summed E-state index contributed by atoms with van der Waals surface area (Å²) in [5.74, 6) is 0.382. The van der Waals surface area contributed by atoms with Crippen LogP contribution in [0.15, 0.2) is 48.7 Å². The van der Waals surface area contributed by atoms with Gasteiger partial charge in [0.05, 0.1) is 17.4 Å². The van der Waals surface area contributed by atoms with Gasteiger partial charge >= 0.3 is 5.97 Å². The van der Waals surface area contributed by atoms with E-state index in [0.29, 0.717) is 39.0 Å². The number of nitrogens with zero attached hydrogens (tertiary/aromatic N) is 2. The number of fused-ring (bicyclic) bond motifs is 1. The number of hydrogen-bond acceptors (Lipinski definition) is 7. The molecule has 0 fully saturated rings. The average Bonchev–Trinajstić information content (AvgIpc) is 2.92. The van der Waals surface area contributed by atoms with Crippen molar-refractivity contribution in [1.29, 1.82) is 0 Å². The molecule has 0 bridgehead atoms. The molecule has 0 radical (unpaired) electrons. The van der Waals surface area contributed by atoms with E-state index in [1.165, 1.54) is 6.20 Å². The Morgan fingerprint density at radius 1 is 1.10 bits per heavy atom. The summed E-state index contributed by atoms with van der Waals surface area (Å²) in [5.41, 5.74) is 2.04. The Morgan fingerprint density at radius 2 is 1.84 bits per heavy atom. The van der Waals surface area contributed by atoms with Crippen LogP contribution in [0.4, 0.5) is 23.1 Å². The number of carbonyl (C=O) groups excluding carboxylic acids is 1. The van der Waals surface area contributed by atoms with Crippen molar-refractivity contribution in [3.8, 4) is 0 Å². The zero-order valence-electron chi connectivity index (χ0n) is 17.6. The summed E-state index contributed by atoms with van der Waals surface area (Å²) < 4.78 is 18.1. The van der Waals surface area contributed by atoms with Crippen molar-refractivity contribution in [3.05, 3.63) is 64.8 Å². The number of carbonyl (C=O) groups is 1. The molecule has 0 spiro atoms. The lowest BCUT2D eigenvalue weighted by atomic mass is 9.95. The van der Waals surface area contributed by atoms with Crippen LogP contribution in [0.3, 0.4) is 0 Å². The first kappa shape index (κ1) is 21.3. The largest absolute Gasteiger partial charge is 0.451 e. The Balaban J connectivity index is 1.63. The van der Waals surface area contributed by atoms with Crippen LogP contribution in [0.2, 0.25) is 5.02 Å². The average molecular weight is 457 g/mol. The fourth-order valence-electron chi connectivity index (χ4n) is 3.46. The van der Waals surface area contributed by atoms with Crippen LogP contribution in [0.1, 0.15) is 29.8 Å². The van der Waals surface area contributed by atoms with Gasteiger partial charge in [0, 0.05) is 16.6 Å². The number of ether oxygens (including phenoxy) is 1. The Hall–Kier alpha value is -2.89. The van der Waals surface area contributed by atoms with Crippen molar-refractivity contribution in [2.24, 2.45) is 0 Å². The molecule has 0 unspecified atom stereocenters. The van der Waals surface area contributed by atoms with Gasteiger partial charge in [-0.1, -0.05) is 23.7 Å². The molecule has 0 saturated heterocycles. The van der Waals surface area contributed by atoms with Crippen LogP contribution in [-0.2, 0) is 14.9 Å². The van der Waals surface area contributed by atoms with E-state index in [0.717, 1.165) is 5.56 Å². The van der Waals surface area contributed by atoms with E-state index in [1.54, 1.807) is 25.5 Å². The normalized spacial score (nSPS) is 14.7. The number of halogens is 1. The molecule has 31 heavy (non-hydrogen) atoms. The number of para-hydroxylation sites is 1. The number of anilines is 4. The third-order valence-corrected chi connectivity index (χ3v) is 6.80. The molecule has 7 nitrogen and oxygen atoms in total. The summed E-state index contributed by atoms with van der Waals surface area (Å²) in [4.78, 5) is 20.7. The van der Waals surface area contributed by atoms with E-state index in [9.17, 15) is 9.36 Å². The number of hydrogen-bond donors (Lipinski definition) is 2. The molecule has 1 aliphatic heterocycles. The highest BCUT2D eigenvalue weighted by Crippen LogP contribution is 2.39. The topological polar surface area (TPSA) is 93.2 Å². The minimum Gasteiger partial charge on any atom is -0.451 e. The van der Waals surface area contributed by atoms with Gasteiger partial charge in [0.1, 0.15) is 17.8 Å². The van der Waals surface area contributed by atoms with Crippen LogP contribution >= 0.6 is 18.7 Å². The predicted octanol–water partition coefficient (Wildman–Crippen LogP) is 5.27. The molecular formula is C22H22ClN4O3P. The van der Waals surface area contributed by atoms with Crippen molar-refractivity contribution in [2.75, 3.05) is 24.0 Å². The summed E-state index contributed by atoms with van der Waals surface area (Å²) >= 11 is 6.31. The third-order valence-electron chi connectivity index (χ3n) is 4.97. The van der Waals surface area contributed by atoms with Gasteiger partial charge in [-0.2, -0.15) is 4.98 Å². The van der Waals surface area contributed by atoms with Crippen LogP contribution in [-0.4, -0.2) is 29.3 Å². The van der Waals surface area contributed by atoms with Crippen molar-refractivity contribution in [3.63, 3.8) is 0 Å². The quantitative estimate of drug-likeness (QED) is 0.399. The van der Waals surface area contributed by atoms with E-state index < -0.39 is 12.7 Å². The molecule has 0 amide bonds. The number of cyclic esters (lactones) is 1. The lowest BCUT2D eigenvalue weighted by Crippen LogP contribution is -2.16. The van der Waals surface area contributed by atoms with Crippen molar-refractivity contribution in [1.82, 2.24) is 9.97 Å². The minimum atomic E-state index is -2.50. The highest BCUT2D eigenvalue weighted by molar-refractivity contribution is 7.70. The van der Waals surface area contributed by atoms with E-state index in [1.807, 2.05) is 44.2 Å². The van der Waals surface area contributed by atoms with Crippen LogP contribution in [0.5, 0.6) is 0 Å². The van der Waals surface area contributed by atoms with Gasteiger partial charge in [0.25, 0.3) is 0 Å². The van der Waals surface area contributed by atoms with E-state index in [4.69, 9.17) is 16.3 Å². The molecule has 0 atom stereocenters. The summed E-state index contributed by atoms with van der Waals surface area (Å²) in [6, 6.07) is 12.7. The summed E-state index contributed by atoms with van der Waals surface area (Å²) in [5, 5.41) is 7.36. The molecule has 4 rings (SSSR count). The first-order chi connectivity index (χ1) is 14.5. The lowest BCUT2D eigenvalue weighted by molar-refractivity contribution is 0.00955. The first-order valence-corrected chi connectivity index (χ1v) is 12.6. The van der Waals surface area contributed by atoms with Gasteiger partial charge in [-0.05, 0) is 57.5 Å². The van der Waals surface area contributed by atoms with E-state index in [2.05, 4.69) is 20.6 Å². The fraction of sp³-hybridized carbons (Fsp3) is 0.227. The smallest absolute Gasteiger partial charge is 0.339 e. The second-order valence-corrected chi connectivity index (χ2v) is 11.8. The highest BCUT2D eigenvalue weighted by Gasteiger charge is 2.37. The second-order valence-electron chi connectivity index (χ2n) is 8.17. The number of rotatable bonds is 5. The Morgan fingerprint density at radius 3 is 2.58 bits per heavy atom. The number of esters is 1. The summed E-state index contributed by atoms with van der Waals surface area (Å²) in [6.07, 6.45) is 1.49. The molecular weight excluding hydrogens is 435 g/mol. The van der Waals surface area contributed by atoms with Crippen LogP contribution < -0.4 is 15.9 Å². The molecule has 1 aliphatic rings. The maximum absolute atomic E-state index is 12.6. The molecule has 1 aromatic heterocycles. The lowest BCUT2D eigenvalue weighted by Gasteiger charge is -2.18. The van der Waals surface area contributed by atoms with Gasteiger partial charge in [0.2, 0.25) is 5.95 Å². The SMILES string of the molecule is CC1(C)OC(=O)c2ccc(Nc3ncc(Cl)c(Nc4ccccc4P(C)(C)=O)n3)cc21. The first-order valence-electron chi connectivity index (χ1n) is 9.64. The monoisotopic (exact) mass is 456 g/mol. The summed E-state index contributed by atoms with van der Waals surface area (Å²) in [7, 11) is -2.50. The number of nitrogens with one attached hydrogen (secondary N) is 2. The minimum absolute atomic E-state index is 0.323. The van der Waals surface area contributed by atoms with Crippen LogP contribution in [0, 0.1) is 0 Å². The molecule has 2 N–H and O–H groups in total. The third kappa shape index (κ3) is 4.29. The fourth-order valence-corrected chi connectivity index (χ4v) is 4.75. The van der Waals surface area contributed by atoms with Crippen molar-refractivity contribution in [2.45, 2.75) is 19.4 Å². The maximum atomic E-state index is 12.6. The molecule has 3 aromatic rings. The molecule has 2 heterocycles. The van der Waals surface area contributed by atoms with Gasteiger partial charge in [-0.25, -0.2) is 9.78 Å². The van der Waals surface area contributed by atoms with Gasteiger partial charge in [-0.3, -0.25) is 0 Å². The van der Waals surface area contributed by atoms with Crippen LogP contribution in [0.25, 0.3) is 0 Å². The molecule has 0 aliphatic carbocycles. The predicted molar refractivity (Wildman–Crippen MR) is 124 cm³/mol. The Labute approximate surface area is 185 Å². The number of aromatic nitrogens is 2. The van der Waals surface area contributed by atoms with E-state index in [-0.39, 0.29) is 5.97 Å². The standard InChI is InChI=1S/C22H22ClN4O3P/c1-22(2)15-11-13(9-10-14(15)20(28)30-22)25-21-24-12-16(23)19(27-21)26-17-7-5-6-8-18(17)31(3,4)29/h5-12H,1-4H3,(H2,24,25,26,27). The second kappa shape index (κ2) is 7.66. The Bertz CT molecular complexity index is 1240. The molecule has 9 heteroatoms. The van der Waals surface area contributed by atoms with Crippen molar-refractivity contribution < 1.29 is 14.1 Å². The number of benzene rings is 2. The van der Waals surface area contributed by atoms with Crippen molar-refractivity contribution >= 4 is 53.2 Å². The Kier molecular flexibility index (Phi) is 5.28. The van der Waals surface area contributed by atoms with Gasteiger partial charge in [0.15, 0.2) is 5.82 Å². The van der Waals surface area contributed by atoms with E-state index >= 15 is 0 Å². The summed E-state index contributed by atoms with van der Waals surface area (Å²) in [6.45, 7) is 7.12. The maximum Gasteiger partial charge on any atom is 0.339 e. The van der Waals surface area contributed by atoms with Gasteiger partial charge < -0.3 is 19.9 Å².